The molecule has 118 valence electrons. The van der Waals surface area contributed by atoms with Gasteiger partial charge in [-0.2, -0.15) is 18.2 Å². The molecule has 6 nitrogen and oxygen atoms in total. The summed E-state index contributed by atoms with van der Waals surface area (Å²) in [7, 11) is 0. The Morgan fingerprint density at radius 3 is 2.78 bits per heavy atom. The van der Waals surface area contributed by atoms with E-state index in [9.17, 15) is 18.0 Å². The Kier molecular flexibility index (Phi) is 3.64. The van der Waals surface area contributed by atoms with Crippen LogP contribution in [0.3, 0.4) is 0 Å². The van der Waals surface area contributed by atoms with E-state index in [0.29, 0.717) is 0 Å². The summed E-state index contributed by atoms with van der Waals surface area (Å²) >= 11 is 5.82. The number of carbonyl (C=O) groups excluding carboxylic acids is 1. The molecule has 3 aromatic rings. The Morgan fingerprint density at radius 2 is 2.09 bits per heavy atom. The minimum atomic E-state index is -4.55. The van der Waals surface area contributed by atoms with Gasteiger partial charge >= 0.3 is 6.18 Å². The highest BCUT2D eigenvalue weighted by Crippen LogP contribution is 2.33. The first-order valence-corrected chi connectivity index (χ1v) is 6.58. The molecule has 0 atom stereocenters. The van der Waals surface area contributed by atoms with Crippen LogP contribution in [0.2, 0.25) is 5.02 Å². The molecule has 0 unspecified atom stereocenters. The lowest BCUT2D eigenvalue weighted by atomic mass is 10.2. The Bertz CT molecular complexity index is 860. The van der Waals surface area contributed by atoms with Crippen molar-refractivity contribution in [1.82, 2.24) is 19.6 Å². The van der Waals surface area contributed by atoms with Crippen LogP contribution in [0.4, 0.5) is 18.9 Å². The molecule has 2 heterocycles. The zero-order valence-electron chi connectivity index (χ0n) is 11.2. The number of nitrogens with zero attached hydrogens (tertiary/aromatic N) is 4. The third-order valence-corrected chi connectivity index (χ3v) is 3.19. The van der Waals surface area contributed by atoms with Gasteiger partial charge in [0, 0.05) is 12.4 Å². The highest BCUT2D eigenvalue weighted by Gasteiger charge is 2.31. The summed E-state index contributed by atoms with van der Waals surface area (Å²) < 4.78 is 39.4. The second kappa shape index (κ2) is 5.51. The molecule has 10 heteroatoms. The number of rotatable bonds is 2. The van der Waals surface area contributed by atoms with Crippen LogP contribution in [0.1, 0.15) is 16.2 Å². The smallest absolute Gasteiger partial charge is 0.318 e. The lowest BCUT2D eigenvalue weighted by molar-refractivity contribution is -0.137. The molecule has 2 aromatic heterocycles. The normalized spacial score (nSPS) is 11.7. The number of amides is 1. The zero-order valence-corrected chi connectivity index (χ0v) is 11.9. The van der Waals surface area contributed by atoms with Gasteiger partial charge in [0.1, 0.15) is 0 Å². The van der Waals surface area contributed by atoms with E-state index in [4.69, 9.17) is 11.6 Å². The third-order valence-electron chi connectivity index (χ3n) is 2.86. The standard InChI is InChI=1S/C13H7ClF3N5O/c14-8-3-2-7(13(15,16)17)6-9(8)19-11(23)10-20-12-18-4-1-5-22(12)21-10/h1-6H,(H,19,23). The highest BCUT2D eigenvalue weighted by molar-refractivity contribution is 6.33. The average Bonchev–Trinajstić information content (AvgIpc) is 2.92. The Hall–Kier alpha value is -2.68. The van der Waals surface area contributed by atoms with Crippen molar-refractivity contribution in [3.05, 3.63) is 53.1 Å². The van der Waals surface area contributed by atoms with Gasteiger partial charge in [0.25, 0.3) is 11.7 Å². The van der Waals surface area contributed by atoms with Crippen LogP contribution in [-0.2, 0) is 6.18 Å². The molecule has 23 heavy (non-hydrogen) atoms. The van der Waals surface area contributed by atoms with Crippen molar-refractivity contribution in [1.29, 1.82) is 0 Å². The third kappa shape index (κ3) is 3.09. The maximum atomic E-state index is 12.7. The summed E-state index contributed by atoms with van der Waals surface area (Å²) in [6.07, 6.45) is -1.55. The van der Waals surface area contributed by atoms with E-state index in [1.54, 1.807) is 6.07 Å². The number of nitrogens with one attached hydrogen (secondary N) is 1. The van der Waals surface area contributed by atoms with E-state index < -0.39 is 17.6 Å². The Morgan fingerprint density at radius 1 is 1.30 bits per heavy atom. The summed E-state index contributed by atoms with van der Waals surface area (Å²) in [4.78, 5) is 19.8. The number of aromatic nitrogens is 4. The number of fused-ring (bicyclic) bond motifs is 1. The second-order valence-corrected chi connectivity index (χ2v) is 4.85. The predicted octanol–water partition coefficient (Wildman–Crippen LogP) is 3.05. The van der Waals surface area contributed by atoms with Gasteiger partial charge in [-0.05, 0) is 24.3 Å². The van der Waals surface area contributed by atoms with Gasteiger partial charge in [-0.3, -0.25) is 4.79 Å². The van der Waals surface area contributed by atoms with E-state index in [1.165, 1.54) is 16.9 Å². The van der Waals surface area contributed by atoms with Gasteiger partial charge in [0.05, 0.1) is 16.3 Å². The molecule has 0 saturated carbocycles. The minimum Gasteiger partial charge on any atom is -0.318 e. The maximum Gasteiger partial charge on any atom is 0.416 e. The van der Waals surface area contributed by atoms with E-state index in [2.05, 4.69) is 20.4 Å². The molecule has 0 aliphatic carbocycles. The topological polar surface area (TPSA) is 72.2 Å². The summed E-state index contributed by atoms with van der Waals surface area (Å²) in [6, 6.07) is 4.21. The van der Waals surface area contributed by atoms with Crippen molar-refractivity contribution in [2.45, 2.75) is 6.18 Å². The van der Waals surface area contributed by atoms with E-state index >= 15 is 0 Å². The van der Waals surface area contributed by atoms with E-state index in [0.717, 1.165) is 18.2 Å². The SMILES string of the molecule is O=C(Nc1cc(C(F)(F)F)ccc1Cl)c1nc2ncccn2n1. The molecule has 0 saturated heterocycles. The molecular weight excluding hydrogens is 335 g/mol. The molecule has 0 aliphatic heterocycles. The first-order valence-electron chi connectivity index (χ1n) is 6.20. The van der Waals surface area contributed by atoms with E-state index in [1.807, 2.05) is 0 Å². The maximum absolute atomic E-state index is 12.7. The number of halogens is 4. The minimum absolute atomic E-state index is 0.0340. The molecule has 0 radical (unpaired) electrons. The Labute approximate surface area is 131 Å². The Balaban J connectivity index is 1.90. The fourth-order valence-electron chi connectivity index (χ4n) is 1.80. The van der Waals surface area contributed by atoms with Crippen molar-refractivity contribution < 1.29 is 18.0 Å². The molecule has 1 N–H and O–H groups in total. The van der Waals surface area contributed by atoms with Crippen molar-refractivity contribution in [2.24, 2.45) is 0 Å². The molecule has 1 amide bonds. The van der Waals surface area contributed by atoms with Gasteiger partial charge in [-0.25, -0.2) is 9.50 Å². The highest BCUT2D eigenvalue weighted by atomic mass is 35.5. The molecule has 0 fully saturated rings. The molecule has 0 aliphatic rings. The number of anilines is 1. The first kappa shape index (κ1) is 15.2. The van der Waals surface area contributed by atoms with Crippen LogP contribution in [-0.4, -0.2) is 25.5 Å². The number of benzene rings is 1. The second-order valence-electron chi connectivity index (χ2n) is 4.45. The van der Waals surface area contributed by atoms with E-state index in [-0.39, 0.29) is 22.3 Å². The molecule has 0 spiro atoms. The van der Waals surface area contributed by atoms with Crippen LogP contribution in [0.25, 0.3) is 5.78 Å². The summed E-state index contributed by atoms with van der Waals surface area (Å²) in [5, 5.41) is 6.10. The van der Waals surface area contributed by atoms with Gasteiger partial charge < -0.3 is 5.32 Å². The fourth-order valence-corrected chi connectivity index (χ4v) is 1.97. The zero-order chi connectivity index (χ0) is 16.6. The van der Waals surface area contributed by atoms with Crippen LogP contribution in [0.15, 0.2) is 36.7 Å². The number of carbonyl (C=O) groups is 1. The molecular formula is C13H7ClF3N5O. The summed E-state index contributed by atoms with van der Waals surface area (Å²) in [5.74, 6) is -0.846. The first-order chi connectivity index (χ1) is 10.8. The molecule has 3 rings (SSSR count). The number of hydrogen-bond donors (Lipinski definition) is 1. The van der Waals surface area contributed by atoms with Crippen molar-refractivity contribution >= 4 is 29.0 Å². The fraction of sp³-hybridized carbons (Fsp3) is 0.0769. The lowest BCUT2D eigenvalue weighted by Gasteiger charge is -2.10. The van der Waals surface area contributed by atoms with Crippen molar-refractivity contribution in [2.75, 3.05) is 5.32 Å². The number of hydrogen-bond acceptors (Lipinski definition) is 4. The van der Waals surface area contributed by atoms with Gasteiger partial charge in [-0.15, -0.1) is 5.10 Å². The lowest BCUT2D eigenvalue weighted by Crippen LogP contribution is -2.15. The number of alkyl halides is 3. The van der Waals surface area contributed by atoms with Gasteiger partial charge in [0.15, 0.2) is 0 Å². The molecule has 1 aromatic carbocycles. The molecule has 0 bridgehead atoms. The monoisotopic (exact) mass is 341 g/mol. The van der Waals surface area contributed by atoms with Crippen LogP contribution < -0.4 is 5.32 Å². The van der Waals surface area contributed by atoms with Crippen LogP contribution >= 0.6 is 11.6 Å². The predicted molar refractivity (Wildman–Crippen MR) is 75.2 cm³/mol. The van der Waals surface area contributed by atoms with Gasteiger partial charge in [0.2, 0.25) is 5.82 Å². The average molecular weight is 342 g/mol. The van der Waals surface area contributed by atoms with Crippen molar-refractivity contribution in [3.63, 3.8) is 0 Å². The largest absolute Gasteiger partial charge is 0.416 e. The van der Waals surface area contributed by atoms with Gasteiger partial charge in [-0.1, -0.05) is 11.6 Å². The summed E-state index contributed by atoms with van der Waals surface area (Å²) in [6.45, 7) is 0. The quantitative estimate of drug-likeness (QED) is 0.777. The van der Waals surface area contributed by atoms with Crippen molar-refractivity contribution in [3.8, 4) is 0 Å². The summed E-state index contributed by atoms with van der Waals surface area (Å²) in [5.41, 5.74) is -1.11. The van der Waals surface area contributed by atoms with Crippen LogP contribution in [0, 0.1) is 0 Å². The van der Waals surface area contributed by atoms with Crippen LogP contribution in [0.5, 0.6) is 0 Å².